The molecule has 1 heterocycles. The van der Waals surface area contributed by atoms with E-state index in [0.29, 0.717) is 29.8 Å². The number of fused-ring (bicyclic) bond motifs is 1. The molecule has 2 aromatic carbocycles. The minimum Gasteiger partial charge on any atom is -0.497 e. The fourth-order valence-electron chi connectivity index (χ4n) is 2.60. The van der Waals surface area contributed by atoms with Gasteiger partial charge < -0.3 is 10.1 Å². The highest BCUT2D eigenvalue weighted by Crippen LogP contribution is 2.26. The minimum absolute atomic E-state index is 0.0182. The van der Waals surface area contributed by atoms with Crippen LogP contribution < -0.4 is 14.8 Å². The van der Waals surface area contributed by atoms with Crippen LogP contribution in [-0.4, -0.2) is 21.4 Å². The van der Waals surface area contributed by atoms with Gasteiger partial charge in [-0.15, -0.1) is 0 Å². The fraction of sp³-hybridized carbons (Fsp3) is 0.235. The molecule has 0 aliphatic carbocycles. The second kappa shape index (κ2) is 6.52. The normalized spacial score (nSPS) is 13.8. The van der Waals surface area contributed by atoms with Crippen molar-refractivity contribution >= 4 is 27.3 Å². The molecule has 24 heavy (non-hydrogen) atoms. The van der Waals surface area contributed by atoms with Crippen molar-refractivity contribution in [1.29, 1.82) is 0 Å². The Bertz CT molecular complexity index is 861. The number of carbonyl (C=O) groups is 1. The van der Waals surface area contributed by atoms with Gasteiger partial charge >= 0.3 is 0 Å². The summed E-state index contributed by atoms with van der Waals surface area (Å²) in [7, 11) is -1.96. The zero-order valence-corrected chi connectivity index (χ0v) is 14.0. The van der Waals surface area contributed by atoms with Crippen molar-refractivity contribution in [3.8, 4) is 5.75 Å². The molecule has 0 bridgehead atoms. The lowest BCUT2D eigenvalue weighted by atomic mass is 10.0. The zero-order valence-electron chi connectivity index (χ0n) is 13.2. The summed E-state index contributed by atoms with van der Waals surface area (Å²) in [6.07, 6.45) is 1.02. The highest BCUT2D eigenvalue weighted by atomic mass is 32.2. The molecule has 126 valence electrons. The second-order valence-electron chi connectivity index (χ2n) is 5.63. The van der Waals surface area contributed by atoms with Crippen LogP contribution in [0.2, 0.25) is 0 Å². The Morgan fingerprint density at radius 3 is 2.58 bits per heavy atom. The molecule has 7 heteroatoms. The van der Waals surface area contributed by atoms with Gasteiger partial charge in [0.25, 0.3) is 0 Å². The Morgan fingerprint density at radius 1 is 1.12 bits per heavy atom. The van der Waals surface area contributed by atoms with E-state index in [9.17, 15) is 13.2 Å². The van der Waals surface area contributed by atoms with Gasteiger partial charge in [0.1, 0.15) is 5.75 Å². The molecule has 0 aromatic heterocycles. The lowest BCUT2D eigenvalue weighted by molar-refractivity contribution is -0.116. The van der Waals surface area contributed by atoms with Gasteiger partial charge in [-0.25, -0.2) is 8.42 Å². The van der Waals surface area contributed by atoms with Crippen molar-refractivity contribution in [3.05, 3.63) is 53.6 Å². The third-order valence-electron chi connectivity index (χ3n) is 3.79. The number of methoxy groups -OCH3 is 1. The quantitative estimate of drug-likeness (QED) is 0.871. The molecule has 2 aromatic rings. The summed E-state index contributed by atoms with van der Waals surface area (Å²) < 4.78 is 32.3. The SMILES string of the molecule is COc1ccc(CS(=O)(=O)Nc2ccc3c(c2)CCC(=O)N3)cc1. The van der Waals surface area contributed by atoms with Gasteiger partial charge in [0.15, 0.2) is 0 Å². The molecule has 3 rings (SSSR count). The van der Waals surface area contributed by atoms with E-state index in [2.05, 4.69) is 10.0 Å². The highest BCUT2D eigenvalue weighted by molar-refractivity contribution is 7.91. The van der Waals surface area contributed by atoms with E-state index in [-0.39, 0.29) is 11.7 Å². The van der Waals surface area contributed by atoms with Crippen molar-refractivity contribution in [3.63, 3.8) is 0 Å². The van der Waals surface area contributed by atoms with Crippen LogP contribution in [0.3, 0.4) is 0 Å². The lowest BCUT2D eigenvalue weighted by Gasteiger charge is -2.18. The molecule has 0 spiro atoms. The number of amides is 1. The largest absolute Gasteiger partial charge is 0.497 e. The summed E-state index contributed by atoms with van der Waals surface area (Å²) in [5.74, 6) is 0.543. The average Bonchev–Trinajstić information content (AvgIpc) is 2.55. The van der Waals surface area contributed by atoms with Crippen LogP contribution in [-0.2, 0) is 27.0 Å². The summed E-state index contributed by atoms with van der Waals surface area (Å²) in [5, 5.41) is 2.77. The van der Waals surface area contributed by atoms with E-state index in [0.717, 1.165) is 11.3 Å². The molecular formula is C17H18N2O4S. The van der Waals surface area contributed by atoms with E-state index < -0.39 is 10.0 Å². The molecule has 2 N–H and O–H groups in total. The molecule has 0 fully saturated rings. The van der Waals surface area contributed by atoms with Crippen LogP contribution in [0.15, 0.2) is 42.5 Å². The number of aryl methyl sites for hydroxylation is 1. The first-order valence-electron chi connectivity index (χ1n) is 7.51. The zero-order chi connectivity index (χ0) is 17.2. The van der Waals surface area contributed by atoms with E-state index >= 15 is 0 Å². The number of hydrogen-bond donors (Lipinski definition) is 2. The van der Waals surface area contributed by atoms with Crippen LogP contribution in [0.1, 0.15) is 17.5 Å². The van der Waals surface area contributed by atoms with Crippen molar-refractivity contribution in [1.82, 2.24) is 0 Å². The average molecular weight is 346 g/mol. The third-order valence-corrected chi connectivity index (χ3v) is 5.05. The van der Waals surface area contributed by atoms with Crippen LogP contribution in [0.4, 0.5) is 11.4 Å². The summed E-state index contributed by atoms with van der Waals surface area (Å²) in [5.41, 5.74) is 2.84. The molecule has 0 unspecified atom stereocenters. The van der Waals surface area contributed by atoms with Gasteiger partial charge in [-0.2, -0.15) is 0 Å². The van der Waals surface area contributed by atoms with Gasteiger partial charge in [0.05, 0.1) is 12.9 Å². The number of anilines is 2. The van der Waals surface area contributed by atoms with Gasteiger partial charge in [-0.1, -0.05) is 12.1 Å². The van der Waals surface area contributed by atoms with Crippen molar-refractivity contribution in [2.45, 2.75) is 18.6 Å². The molecule has 1 amide bonds. The highest BCUT2D eigenvalue weighted by Gasteiger charge is 2.17. The number of rotatable bonds is 5. The Kier molecular flexibility index (Phi) is 4.44. The fourth-order valence-corrected chi connectivity index (χ4v) is 3.79. The second-order valence-corrected chi connectivity index (χ2v) is 7.35. The molecule has 0 atom stereocenters. The van der Waals surface area contributed by atoms with Crippen molar-refractivity contribution in [2.75, 3.05) is 17.1 Å². The lowest BCUT2D eigenvalue weighted by Crippen LogP contribution is -2.20. The maximum atomic E-state index is 12.3. The number of carbonyl (C=O) groups excluding carboxylic acids is 1. The Balaban J connectivity index is 1.73. The number of benzene rings is 2. The first-order valence-corrected chi connectivity index (χ1v) is 9.16. The first kappa shape index (κ1) is 16.3. The molecule has 1 aliphatic rings. The molecule has 6 nitrogen and oxygen atoms in total. The van der Waals surface area contributed by atoms with Crippen molar-refractivity contribution < 1.29 is 17.9 Å². The molecule has 0 saturated heterocycles. The summed E-state index contributed by atoms with van der Waals surface area (Å²) in [6.45, 7) is 0. The molecule has 0 radical (unpaired) electrons. The minimum atomic E-state index is -3.52. The van der Waals surface area contributed by atoms with E-state index in [4.69, 9.17) is 4.74 Å². The number of ether oxygens (including phenoxy) is 1. The predicted octanol–water partition coefficient (Wildman–Crippen LogP) is 2.52. The Labute approximate surface area is 140 Å². The predicted molar refractivity (Wildman–Crippen MR) is 92.6 cm³/mol. The molecule has 0 saturated carbocycles. The van der Waals surface area contributed by atoms with Gasteiger partial charge in [-0.3, -0.25) is 9.52 Å². The molecular weight excluding hydrogens is 328 g/mol. The van der Waals surface area contributed by atoms with Crippen LogP contribution in [0.25, 0.3) is 0 Å². The summed E-state index contributed by atoms with van der Waals surface area (Å²) >= 11 is 0. The topological polar surface area (TPSA) is 84.5 Å². The Morgan fingerprint density at radius 2 is 1.88 bits per heavy atom. The van der Waals surface area contributed by atoms with Crippen LogP contribution in [0, 0.1) is 0 Å². The first-order chi connectivity index (χ1) is 11.4. The maximum absolute atomic E-state index is 12.3. The third kappa shape index (κ3) is 3.86. The summed E-state index contributed by atoms with van der Waals surface area (Å²) in [4.78, 5) is 11.4. The number of hydrogen-bond acceptors (Lipinski definition) is 4. The number of nitrogens with one attached hydrogen (secondary N) is 2. The Hall–Kier alpha value is -2.54. The maximum Gasteiger partial charge on any atom is 0.236 e. The van der Waals surface area contributed by atoms with Gasteiger partial charge in [0.2, 0.25) is 15.9 Å². The van der Waals surface area contributed by atoms with Crippen LogP contribution in [0.5, 0.6) is 5.75 Å². The van der Waals surface area contributed by atoms with E-state index in [1.807, 2.05) is 0 Å². The standard InChI is InChI=1S/C17H18N2O4S/c1-23-15-6-2-12(3-7-15)11-24(21,22)19-14-5-8-16-13(10-14)4-9-17(20)18-16/h2-3,5-8,10,19H,4,9,11H2,1H3,(H,18,20). The van der Waals surface area contributed by atoms with Gasteiger partial charge in [-0.05, 0) is 47.9 Å². The number of sulfonamides is 1. The van der Waals surface area contributed by atoms with Crippen LogP contribution >= 0.6 is 0 Å². The van der Waals surface area contributed by atoms with E-state index in [1.165, 1.54) is 0 Å². The summed E-state index contributed by atoms with van der Waals surface area (Å²) in [6, 6.07) is 12.0. The van der Waals surface area contributed by atoms with Crippen molar-refractivity contribution in [2.24, 2.45) is 0 Å². The monoisotopic (exact) mass is 346 g/mol. The van der Waals surface area contributed by atoms with Gasteiger partial charge in [0, 0.05) is 17.8 Å². The smallest absolute Gasteiger partial charge is 0.236 e. The van der Waals surface area contributed by atoms with E-state index in [1.54, 1.807) is 49.6 Å². The molecule has 1 aliphatic heterocycles.